The number of aliphatic hydroxyl groups excluding tert-OH is 1. The van der Waals surface area contributed by atoms with Crippen molar-refractivity contribution in [3.05, 3.63) is 0 Å². The Bertz CT molecular complexity index is 609. The van der Waals surface area contributed by atoms with Gasteiger partial charge in [-0.3, -0.25) is 9.69 Å². The lowest BCUT2D eigenvalue weighted by molar-refractivity contribution is -0.136. The lowest BCUT2D eigenvalue weighted by Crippen LogP contribution is -2.53. The van der Waals surface area contributed by atoms with Gasteiger partial charge in [-0.15, -0.1) is 0 Å². The Hall–Kier alpha value is -1.81. The molecule has 3 rings (SSSR count). The zero-order chi connectivity index (χ0) is 19.1. The summed E-state index contributed by atoms with van der Waals surface area (Å²) in [6, 6.07) is 1.02. The molecule has 0 radical (unpaired) electrons. The standard InChI is InChI=1S/C19H29N3O4/c1-19(2,3)26-18(25)22-15-10-14(23)7-6-12(15)9-16(22)17(24)21-8-4-5-13(21)11-20/h12-16,23H,4-10H2,1-3H3/t12-,13-,14+,15-,16-/m0/s1. The molecule has 1 aliphatic carbocycles. The van der Waals surface area contributed by atoms with Crippen LogP contribution in [0.4, 0.5) is 4.79 Å². The largest absolute Gasteiger partial charge is 0.444 e. The Morgan fingerprint density at radius 3 is 2.58 bits per heavy atom. The molecule has 3 aliphatic rings. The molecule has 0 aromatic carbocycles. The van der Waals surface area contributed by atoms with Crippen LogP contribution in [0.25, 0.3) is 0 Å². The molecule has 0 aromatic heterocycles. The molecule has 2 amide bonds. The lowest BCUT2D eigenvalue weighted by Gasteiger charge is -2.37. The van der Waals surface area contributed by atoms with Crippen LogP contribution in [-0.4, -0.2) is 63.3 Å². The van der Waals surface area contributed by atoms with Crippen LogP contribution in [0, 0.1) is 17.2 Å². The van der Waals surface area contributed by atoms with Crippen molar-refractivity contribution in [2.24, 2.45) is 5.92 Å². The van der Waals surface area contributed by atoms with Crippen LogP contribution in [0.2, 0.25) is 0 Å². The first kappa shape index (κ1) is 19.0. The Kier molecular flexibility index (Phi) is 5.16. The molecule has 2 aliphatic heterocycles. The average Bonchev–Trinajstić information content (AvgIpc) is 3.16. The second kappa shape index (κ2) is 7.07. The normalized spacial score (nSPS) is 34.3. The van der Waals surface area contributed by atoms with E-state index in [9.17, 15) is 20.0 Å². The number of fused-ring (bicyclic) bond motifs is 1. The van der Waals surface area contributed by atoms with E-state index < -0.39 is 29.9 Å². The van der Waals surface area contributed by atoms with E-state index in [1.165, 1.54) is 0 Å². The quantitative estimate of drug-likeness (QED) is 0.769. The zero-order valence-corrected chi connectivity index (χ0v) is 15.9. The molecule has 2 heterocycles. The van der Waals surface area contributed by atoms with Gasteiger partial charge in [0.1, 0.15) is 17.7 Å². The second-order valence-corrected chi connectivity index (χ2v) is 8.75. The highest BCUT2D eigenvalue weighted by Crippen LogP contribution is 2.41. The maximum atomic E-state index is 13.2. The summed E-state index contributed by atoms with van der Waals surface area (Å²) in [5.41, 5.74) is -0.654. The highest BCUT2D eigenvalue weighted by Gasteiger charge is 2.51. The molecule has 7 nitrogen and oxygen atoms in total. The maximum absolute atomic E-state index is 13.2. The topological polar surface area (TPSA) is 93.9 Å². The smallest absolute Gasteiger partial charge is 0.411 e. The molecule has 144 valence electrons. The van der Waals surface area contributed by atoms with Crippen molar-refractivity contribution < 1.29 is 19.4 Å². The number of hydrogen-bond acceptors (Lipinski definition) is 5. The number of rotatable bonds is 1. The third-order valence-corrected chi connectivity index (χ3v) is 5.72. The van der Waals surface area contributed by atoms with Gasteiger partial charge >= 0.3 is 6.09 Å². The van der Waals surface area contributed by atoms with Gasteiger partial charge in [0.2, 0.25) is 5.91 Å². The van der Waals surface area contributed by atoms with Crippen molar-refractivity contribution in [2.75, 3.05) is 6.54 Å². The van der Waals surface area contributed by atoms with E-state index in [1.807, 2.05) is 0 Å². The van der Waals surface area contributed by atoms with Crippen molar-refractivity contribution in [3.8, 4) is 6.07 Å². The van der Waals surface area contributed by atoms with Gasteiger partial charge in [-0.05, 0) is 65.2 Å². The van der Waals surface area contributed by atoms with Gasteiger partial charge < -0.3 is 14.7 Å². The third-order valence-electron chi connectivity index (χ3n) is 5.72. The minimum absolute atomic E-state index is 0.149. The Labute approximate surface area is 154 Å². The monoisotopic (exact) mass is 363 g/mol. The highest BCUT2D eigenvalue weighted by molar-refractivity contribution is 5.87. The van der Waals surface area contributed by atoms with Gasteiger partial charge in [-0.2, -0.15) is 5.26 Å². The summed E-state index contributed by atoms with van der Waals surface area (Å²) in [5, 5.41) is 19.4. The van der Waals surface area contributed by atoms with Crippen LogP contribution < -0.4 is 0 Å². The van der Waals surface area contributed by atoms with E-state index in [-0.39, 0.29) is 17.9 Å². The molecule has 1 N–H and O–H groups in total. The molecule has 0 unspecified atom stereocenters. The summed E-state index contributed by atoms with van der Waals surface area (Å²) in [6.07, 6.45) is 3.13. The SMILES string of the molecule is CC(C)(C)OC(=O)N1[C@H](C(=O)N2CCC[C@H]2C#N)C[C@@H]2CC[C@@H](O)C[C@@H]21. The summed E-state index contributed by atoms with van der Waals surface area (Å²) in [7, 11) is 0. The van der Waals surface area contributed by atoms with E-state index >= 15 is 0 Å². The summed E-state index contributed by atoms with van der Waals surface area (Å²) >= 11 is 0. The summed E-state index contributed by atoms with van der Waals surface area (Å²) in [5.74, 6) is 0.0480. The number of aliphatic hydroxyl groups is 1. The number of nitriles is 1. The first-order valence-electron chi connectivity index (χ1n) is 9.60. The minimum Gasteiger partial charge on any atom is -0.444 e. The van der Waals surface area contributed by atoms with Gasteiger partial charge in [-0.1, -0.05) is 0 Å². The predicted octanol–water partition coefficient (Wildman–Crippen LogP) is 2.04. The average molecular weight is 363 g/mol. The van der Waals surface area contributed by atoms with Crippen LogP contribution in [0.5, 0.6) is 0 Å². The third kappa shape index (κ3) is 3.66. The van der Waals surface area contributed by atoms with Crippen LogP contribution >= 0.6 is 0 Å². The van der Waals surface area contributed by atoms with Gasteiger partial charge in [0.25, 0.3) is 0 Å². The minimum atomic E-state index is -0.654. The molecule has 5 atom stereocenters. The number of likely N-dealkylation sites (tertiary alicyclic amines) is 2. The molecule has 7 heteroatoms. The molecule has 26 heavy (non-hydrogen) atoms. The molecular weight excluding hydrogens is 334 g/mol. The summed E-state index contributed by atoms with van der Waals surface area (Å²) in [4.78, 5) is 29.3. The van der Waals surface area contributed by atoms with Gasteiger partial charge in [0.15, 0.2) is 0 Å². The molecular formula is C19H29N3O4. The van der Waals surface area contributed by atoms with Crippen molar-refractivity contribution in [1.29, 1.82) is 5.26 Å². The lowest BCUT2D eigenvalue weighted by atomic mass is 9.83. The molecule has 3 fully saturated rings. The van der Waals surface area contributed by atoms with Crippen LogP contribution in [0.1, 0.15) is 59.3 Å². The Morgan fingerprint density at radius 2 is 1.92 bits per heavy atom. The molecule has 0 aromatic rings. The second-order valence-electron chi connectivity index (χ2n) is 8.75. The van der Waals surface area contributed by atoms with Gasteiger partial charge in [0.05, 0.1) is 12.2 Å². The zero-order valence-electron chi connectivity index (χ0n) is 15.9. The van der Waals surface area contributed by atoms with E-state index in [0.29, 0.717) is 32.2 Å². The van der Waals surface area contributed by atoms with Crippen LogP contribution in [0.3, 0.4) is 0 Å². The van der Waals surface area contributed by atoms with E-state index in [1.54, 1.807) is 30.6 Å². The number of carbonyl (C=O) groups excluding carboxylic acids is 2. The van der Waals surface area contributed by atoms with E-state index in [4.69, 9.17) is 4.74 Å². The summed E-state index contributed by atoms with van der Waals surface area (Å²) < 4.78 is 5.57. The number of carbonyl (C=O) groups is 2. The van der Waals surface area contributed by atoms with Crippen molar-refractivity contribution in [1.82, 2.24) is 9.80 Å². The fourth-order valence-corrected chi connectivity index (χ4v) is 4.59. The van der Waals surface area contributed by atoms with Crippen molar-refractivity contribution in [3.63, 3.8) is 0 Å². The van der Waals surface area contributed by atoms with Crippen molar-refractivity contribution in [2.45, 2.75) is 89.1 Å². The first-order valence-corrected chi connectivity index (χ1v) is 9.60. The fourth-order valence-electron chi connectivity index (χ4n) is 4.59. The van der Waals surface area contributed by atoms with E-state index in [0.717, 1.165) is 12.8 Å². The number of amides is 2. The van der Waals surface area contributed by atoms with Gasteiger partial charge in [-0.25, -0.2) is 4.79 Å². The van der Waals surface area contributed by atoms with Crippen LogP contribution in [-0.2, 0) is 9.53 Å². The van der Waals surface area contributed by atoms with E-state index in [2.05, 4.69) is 6.07 Å². The summed E-state index contributed by atoms with van der Waals surface area (Å²) in [6.45, 7) is 5.97. The van der Waals surface area contributed by atoms with Crippen molar-refractivity contribution >= 4 is 12.0 Å². The maximum Gasteiger partial charge on any atom is 0.411 e. The number of ether oxygens (including phenoxy) is 1. The molecule has 0 spiro atoms. The Morgan fingerprint density at radius 1 is 1.19 bits per heavy atom. The molecule has 2 saturated heterocycles. The molecule has 1 saturated carbocycles. The molecule has 0 bridgehead atoms. The van der Waals surface area contributed by atoms with Crippen LogP contribution in [0.15, 0.2) is 0 Å². The number of nitrogens with zero attached hydrogens (tertiary/aromatic N) is 3. The number of hydrogen-bond donors (Lipinski definition) is 1. The van der Waals surface area contributed by atoms with Gasteiger partial charge in [0, 0.05) is 12.6 Å². The highest BCUT2D eigenvalue weighted by atomic mass is 16.6. The Balaban J connectivity index is 1.85. The predicted molar refractivity (Wildman–Crippen MR) is 94.0 cm³/mol. The first-order chi connectivity index (χ1) is 12.2. The fraction of sp³-hybridized carbons (Fsp3) is 0.842.